The largest absolute Gasteiger partial charge is 0.487 e. The van der Waals surface area contributed by atoms with Crippen LogP contribution in [-0.4, -0.2) is 54.1 Å². The first-order chi connectivity index (χ1) is 16.5. The molecule has 9 nitrogen and oxygen atoms in total. The number of benzene rings is 1. The van der Waals surface area contributed by atoms with Gasteiger partial charge in [-0.15, -0.1) is 0 Å². The molecule has 0 aliphatic carbocycles. The molecule has 1 fully saturated rings. The van der Waals surface area contributed by atoms with Crippen molar-refractivity contribution in [1.29, 1.82) is 0 Å². The Balaban J connectivity index is 1.53. The van der Waals surface area contributed by atoms with Crippen LogP contribution >= 0.6 is 0 Å². The molecule has 0 saturated carbocycles. The summed E-state index contributed by atoms with van der Waals surface area (Å²) in [6.45, 7) is 10.1. The molecule has 2 aromatic rings. The highest BCUT2D eigenvalue weighted by atomic mass is 16.5. The van der Waals surface area contributed by atoms with Crippen LogP contribution in [0.25, 0.3) is 0 Å². The molecular formula is C26H33N5O4. The Hall–Kier alpha value is -3.43. The quantitative estimate of drug-likeness (QED) is 0.430. The van der Waals surface area contributed by atoms with E-state index in [1.165, 1.54) is 12.3 Å². The van der Waals surface area contributed by atoms with Crippen LogP contribution in [0.4, 0.5) is 17.1 Å². The zero-order valence-corrected chi connectivity index (χ0v) is 20.7. The molecule has 35 heavy (non-hydrogen) atoms. The van der Waals surface area contributed by atoms with E-state index >= 15 is 0 Å². The summed E-state index contributed by atoms with van der Waals surface area (Å²) in [6.07, 6.45) is 5.24. The number of nitrogens with two attached hydrogens (primary N) is 1. The van der Waals surface area contributed by atoms with Crippen molar-refractivity contribution in [3.8, 4) is 5.75 Å². The predicted molar refractivity (Wildman–Crippen MR) is 136 cm³/mol. The molecule has 9 heteroatoms. The highest BCUT2D eigenvalue weighted by Gasteiger charge is 2.32. The van der Waals surface area contributed by atoms with Crippen LogP contribution in [0.2, 0.25) is 0 Å². The first kappa shape index (κ1) is 24.7. The fraction of sp³-hybridized carbons (Fsp3) is 0.423. The fourth-order valence-corrected chi connectivity index (χ4v) is 4.11. The van der Waals surface area contributed by atoms with Crippen LogP contribution in [0.15, 0.2) is 47.2 Å². The van der Waals surface area contributed by atoms with Crippen molar-refractivity contribution in [2.45, 2.75) is 45.3 Å². The summed E-state index contributed by atoms with van der Waals surface area (Å²) in [6, 6.07) is 7.36. The van der Waals surface area contributed by atoms with Crippen molar-refractivity contribution in [2.24, 2.45) is 10.7 Å². The number of ether oxygens (including phenoxy) is 2. The second-order valence-corrected chi connectivity index (χ2v) is 9.93. The number of hydrogen-bond acceptors (Lipinski definition) is 8. The van der Waals surface area contributed by atoms with Gasteiger partial charge in [-0.1, -0.05) is 0 Å². The molecule has 1 aromatic carbocycles. The van der Waals surface area contributed by atoms with E-state index in [0.717, 1.165) is 36.5 Å². The lowest BCUT2D eigenvalue weighted by Crippen LogP contribution is -2.37. The summed E-state index contributed by atoms with van der Waals surface area (Å²) in [5.41, 5.74) is 8.44. The third-order valence-electron chi connectivity index (χ3n) is 5.89. The Morgan fingerprint density at radius 2 is 2.03 bits per heavy atom. The van der Waals surface area contributed by atoms with Gasteiger partial charge in [-0.25, -0.2) is 0 Å². The number of nitrogens with one attached hydrogen (secondary N) is 1. The zero-order valence-electron chi connectivity index (χ0n) is 20.7. The second kappa shape index (κ2) is 9.67. The molecule has 0 unspecified atom stereocenters. The third kappa shape index (κ3) is 5.98. The van der Waals surface area contributed by atoms with Gasteiger partial charge in [0.25, 0.3) is 5.91 Å². The first-order valence-electron chi connectivity index (χ1n) is 11.7. The summed E-state index contributed by atoms with van der Waals surface area (Å²) in [5, 5.41) is 13.1. The zero-order chi connectivity index (χ0) is 25.2. The lowest BCUT2D eigenvalue weighted by Gasteiger charge is -2.31. The van der Waals surface area contributed by atoms with E-state index in [-0.39, 0.29) is 11.3 Å². The summed E-state index contributed by atoms with van der Waals surface area (Å²) in [4.78, 5) is 23.6. The Morgan fingerprint density at radius 1 is 1.29 bits per heavy atom. The summed E-state index contributed by atoms with van der Waals surface area (Å²) < 4.78 is 11.6. The van der Waals surface area contributed by atoms with Gasteiger partial charge in [0, 0.05) is 43.6 Å². The number of hydrogen-bond donors (Lipinski definition) is 3. The van der Waals surface area contributed by atoms with Gasteiger partial charge < -0.3 is 30.5 Å². The average Bonchev–Trinajstić information content (AvgIpc) is 3.11. The number of allylic oxidation sites excluding steroid dienone is 1. The number of anilines is 2. The van der Waals surface area contributed by atoms with Gasteiger partial charge in [0.2, 0.25) is 0 Å². The van der Waals surface area contributed by atoms with Crippen molar-refractivity contribution in [2.75, 3.05) is 36.5 Å². The van der Waals surface area contributed by atoms with Crippen molar-refractivity contribution in [3.63, 3.8) is 0 Å². The second-order valence-electron chi connectivity index (χ2n) is 9.93. The van der Waals surface area contributed by atoms with Crippen LogP contribution in [0, 0.1) is 0 Å². The lowest BCUT2D eigenvalue weighted by molar-refractivity contribution is -0.112. The number of aromatic nitrogens is 1. The summed E-state index contributed by atoms with van der Waals surface area (Å²) >= 11 is 0. The molecule has 0 spiro atoms. The van der Waals surface area contributed by atoms with Gasteiger partial charge in [-0.2, -0.15) is 0 Å². The summed E-state index contributed by atoms with van der Waals surface area (Å²) in [7, 11) is 0. The first-order valence-corrected chi connectivity index (χ1v) is 11.7. The van der Waals surface area contributed by atoms with Gasteiger partial charge >= 0.3 is 0 Å². The topological polar surface area (TPSA) is 122 Å². The van der Waals surface area contributed by atoms with E-state index in [9.17, 15) is 9.90 Å². The molecule has 186 valence electrons. The molecule has 0 radical (unpaired) electrons. The number of pyridine rings is 1. The minimum absolute atomic E-state index is 0.0236. The SMILES string of the molecule is CC1(C)Cc2cc(NC(=O)C(N)=CC=Nc3ccnc(C(C)(C)O)c3)c(N3CCOCC3)cc2O1. The smallest absolute Gasteiger partial charge is 0.271 e. The van der Waals surface area contributed by atoms with E-state index < -0.39 is 11.5 Å². The maximum Gasteiger partial charge on any atom is 0.271 e. The van der Waals surface area contributed by atoms with Gasteiger partial charge in [0.15, 0.2) is 0 Å². The minimum Gasteiger partial charge on any atom is -0.487 e. The van der Waals surface area contributed by atoms with E-state index in [1.54, 1.807) is 32.2 Å². The van der Waals surface area contributed by atoms with Gasteiger partial charge in [-0.05, 0) is 52.0 Å². The monoisotopic (exact) mass is 479 g/mol. The summed E-state index contributed by atoms with van der Waals surface area (Å²) in [5.74, 6) is 0.420. The Bertz CT molecular complexity index is 1160. The third-order valence-corrected chi connectivity index (χ3v) is 5.89. The number of carbonyl (C=O) groups is 1. The van der Waals surface area contributed by atoms with Crippen molar-refractivity contribution in [1.82, 2.24) is 4.98 Å². The van der Waals surface area contributed by atoms with E-state index in [4.69, 9.17) is 15.2 Å². The molecule has 1 aromatic heterocycles. The average molecular weight is 480 g/mol. The van der Waals surface area contributed by atoms with Gasteiger partial charge in [-0.3, -0.25) is 14.8 Å². The molecule has 0 atom stereocenters. The number of rotatable bonds is 6. The van der Waals surface area contributed by atoms with Crippen LogP contribution < -0.4 is 20.7 Å². The number of aliphatic imine (C=N–C) groups is 1. The molecule has 4 rings (SSSR count). The molecule has 0 bridgehead atoms. The Morgan fingerprint density at radius 3 is 2.74 bits per heavy atom. The highest BCUT2D eigenvalue weighted by molar-refractivity contribution is 6.07. The predicted octanol–water partition coefficient (Wildman–Crippen LogP) is 3.04. The molecule has 1 saturated heterocycles. The normalized spacial score (nSPS) is 17.9. The van der Waals surface area contributed by atoms with Gasteiger partial charge in [0.1, 0.15) is 17.0 Å². The van der Waals surface area contributed by atoms with Crippen LogP contribution in [0.5, 0.6) is 5.75 Å². The standard InChI is InChI=1S/C26H33N5O4/c1-25(2)16-17-13-20(21(15-22(17)35-25)31-9-11-34-12-10-31)30-24(32)19(27)6-8-28-18-5-7-29-23(14-18)26(3,4)33/h5-8,13-15,33H,9-12,16,27H2,1-4H3,(H,30,32). The van der Waals surface area contributed by atoms with E-state index in [2.05, 4.69) is 20.2 Å². The molecule has 4 N–H and O–H groups in total. The number of aliphatic hydroxyl groups is 1. The van der Waals surface area contributed by atoms with E-state index in [1.807, 2.05) is 26.0 Å². The Kier molecular flexibility index (Phi) is 6.82. The molecule has 2 aliphatic heterocycles. The van der Waals surface area contributed by atoms with Crippen LogP contribution in [0.3, 0.4) is 0 Å². The number of fused-ring (bicyclic) bond motifs is 1. The van der Waals surface area contributed by atoms with Crippen molar-refractivity contribution >= 4 is 29.2 Å². The maximum atomic E-state index is 12.9. The molecular weight excluding hydrogens is 446 g/mol. The Labute approximate surface area is 205 Å². The number of nitrogens with zero attached hydrogens (tertiary/aromatic N) is 3. The van der Waals surface area contributed by atoms with Crippen molar-refractivity contribution < 1.29 is 19.4 Å². The molecule has 2 aliphatic rings. The maximum absolute atomic E-state index is 12.9. The lowest BCUT2D eigenvalue weighted by atomic mass is 10.0. The minimum atomic E-state index is -1.07. The number of carbonyl (C=O) groups excluding carboxylic acids is 1. The van der Waals surface area contributed by atoms with Gasteiger partial charge in [0.05, 0.1) is 41.7 Å². The fourth-order valence-electron chi connectivity index (χ4n) is 4.11. The van der Waals surface area contributed by atoms with Crippen molar-refractivity contribution in [3.05, 3.63) is 53.5 Å². The highest BCUT2D eigenvalue weighted by Crippen LogP contribution is 2.41. The number of morpholine rings is 1. The van der Waals surface area contributed by atoms with E-state index in [0.29, 0.717) is 30.3 Å². The molecule has 1 amide bonds. The number of amides is 1. The molecule has 3 heterocycles. The van der Waals surface area contributed by atoms with Crippen LogP contribution in [-0.2, 0) is 21.6 Å². The van der Waals surface area contributed by atoms with Crippen LogP contribution in [0.1, 0.15) is 39.0 Å².